The van der Waals surface area contributed by atoms with Gasteiger partial charge in [0, 0.05) is 24.4 Å². The van der Waals surface area contributed by atoms with Gasteiger partial charge in [-0.25, -0.2) is 8.78 Å². The second kappa shape index (κ2) is 5.95. The molecule has 0 bridgehead atoms. The molecule has 1 saturated carbocycles. The average molecular weight is 318 g/mol. The van der Waals surface area contributed by atoms with Crippen LogP contribution in [-0.4, -0.2) is 16.9 Å². The van der Waals surface area contributed by atoms with Crippen LogP contribution in [0, 0.1) is 18.6 Å². The second-order valence-electron chi connectivity index (χ2n) is 5.90. The number of amides is 1. The quantitative estimate of drug-likeness (QED) is 0.914. The van der Waals surface area contributed by atoms with Crippen molar-refractivity contribution in [1.29, 1.82) is 0 Å². The van der Waals surface area contributed by atoms with Crippen molar-refractivity contribution in [2.75, 3.05) is 0 Å². The molecule has 120 valence electrons. The Morgan fingerprint density at radius 3 is 2.65 bits per heavy atom. The molecule has 1 aliphatic carbocycles. The smallest absolute Gasteiger partial charge is 0.253 e. The molecule has 1 aromatic heterocycles. The predicted octanol–water partition coefficient (Wildman–Crippen LogP) is 2.64. The number of hydrogen-bond acceptors (Lipinski definition) is 2. The van der Waals surface area contributed by atoms with Crippen molar-refractivity contribution in [3.63, 3.8) is 0 Å². The number of benzene rings is 1. The van der Waals surface area contributed by atoms with Crippen LogP contribution in [0.2, 0.25) is 0 Å². The number of carbonyl (C=O) groups excluding carboxylic acids is 1. The summed E-state index contributed by atoms with van der Waals surface area (Å²) in [5.74, 6) is -1.42. The number of pyridine rings is 1. The first-order valence-corrected chi connectivity index (χ1v) is 7.39. The Balaban J connectivity index is 1.61. The third kappa shape index (κ3) is 3.16. The summed E-state index contributed by atoms with van der Waals surface area (Å²) in [6, 6.07) is 4.90. The van der Waals surface area contributed by atoms with Gasteiger partial charge in [-0.2, -0.15) is 0 Å². The van der Waals surface area contributed by atoms with Crippen LogP contribution in [0.1, 0.15) is 40.2 Å². The Bertz CT molecular complexity index is 810. The maximum atomic E-state index is 13.7. The lowest BCUT2D eigenvalue weighted by atomic mass is 9.75. The highest BCUT2D eigenvalue weighted by molar-refractivity contribution is 5.95. The van der Waals surface area contributed by atoms with Crippen molar-refractivity contribution in [3.8, 4) is 0 Å². The summed E-state index contributed by atoms with van der Waals surface area (Å²) in [5.41, 5.74) is 1.25. The highest BCUT2D eigenvalue weighted by Gasteiger charge is 2.33. The van der Waals surface area contributed by atoms with Gasteiger partial charge in [0.15, 0.2) is 0 Å². The van der Waals surface area contributed by atoms with Gasteiger partial charge in [0.1, 0.15) is 11.6 Å². The molecule has 2 N–H and O–H groups in total. The Hall–Kier alpha value is -2.50. The first-order chi connectivity index (χ1) is 10.9. The number of nitrogens with one attached hydrogen (secondary N) is 2. The zero-order chi connectivity index (χ0) is 16.6. The van der Waals surface area contributed by atoms with Crippen molar-refractivity contribution < 1.29 is 13.6 Å². The summed E-state index contributed by atoms with van der Waals surface area (Å²) in [5, 5.41) is 2.87. The zero-order valence-electron chi connectivity index (χ0n) is 12.5. The molecule has 4 nitrogen and oxygen atoms in total. The van der Waals surface area contributed by atoms with E-state index in [2.05, 4.69) is 10.3 Å². The summed E-state index contributed by atoms with van der Waals surface area (Å²) >= 11 is 0. The topological polar surface area (TPSA) is 62.0 Å². The molecule has 1 fully saturated rings. The Labute approximate surface area is 131 Å². The molecule has 0 aliphatic heterocycles. The largest absolute Gasteiger partial charge is 0.349 e. The van der Waals surface area contributed by atoms with Gasteiger partial charge in [0.2, 0.25) is 5.56 Å². The minimum Gasteiger partial charge on any atom is -0.349 e. The summed E-state index contributed by atoms with van der Waals surface area (Å²) in [6.07, 6.45) is 2.61. The molecule has 2 aromatic rings. The van der Waals surface area contributed by atoms with Crippen LogP contribution in [0.5, 0.6) is 0 Å². The lowest BCUT2D eigenvalue weighted by Crippen LogP contribution is -2.43. The number of halogens is 2. The Kier molecular flexibility index (Phi) is 3.98. The van der Waals surface area contributed by atoms with Gasteiger partial charge >= 0.3 is 0 Å². The molecule has 0 radical (unpaired) electrons. The summed E-state index contributed by atoms with van der Waals surface area (Å²) in [4.78, 5) is 25.8. The zero-order valence-corrected chi connectivity index (χ0v) is 12.5. The molecule has 1 aromatic carbocycles. The molecule has 0 spiro atoms. The highest BCUT2D eigenvalue weighted by atomic mass is 19.1. The molecule has 0 saturated heterocycles. The van der Waals surface area contributed by atoms with Gasteiger partial charge in [0.25, 0.3) is 5.91 Å². The van der Waals surface area contributed by atoms with Crippen molar-refractivity contribution in [3.05, 3.63) is 69.1 Å². The molecule has 23 heavy (non-hydrogen) atoms. The third-order valence-electron chi connectivity index (χ3n) is 4.25. The molecule has 1 aliphatic rings. The minimum absolute atomic E-state index is 0.0161. The van der Waals surface area contributed by atoms with E-state index in [0.29, 0.717) is 29.5 Å². The van der Waals surface area contributed by atoms with E-state index in [0.717, 1.165) is 6.07 Å². The van der Waals surface area contributed by atoms with Crippen LogP contribution in [0.4, 0.5) is 8.78 Å². The average Bonchev–Trinajstić information content (AvgIpc) is 2.43. The predicted molar refractivity (Wildman–Crippen MR) is 81.4 cm³/mol. The SMILES string of the molecule is Cc1cc(=O)[nH]cc1C(=O)NC1CC(c2ccc(F)cc2F)C1. The summed E-state index contributed by atoms with van der Waals surface area (Å²) in [6.45, 7) is 1.70. The van der Waals surface area contributed by atoms with Crippen molar-refractivity contribution >= 4 is 5.91 Å². The number of aromatic nitrogens is 1. The Morgan fingerprint density at radius 2 is 2.00 bits per heavy atom. The van der Waals surface area contributed by atoms with Crippen LogP contribution in [-0.2, 0) is 0 Å². The van der Waals surface area contributed by atoms with E-state index in [4.69, 9.17) is 0 Å². The van der Waals surface area contributed by atoms with Gasteiger partial charge in [-0.15, -0.1) is 0 Å². The molecule has 1 heterocycles. The third-order valence-corrected chi connectivity index (χ3v) is 4.25. The number of H-pyrrole nitrogens is 1. The van der Waals surface area contributed by atoms with Crippen LogP contribution in [0.3, 0.4) is 0 Å². The maximum Gasteiger partial charge on any atom is 0.253 e. The lowest BCUT2D eigenvalue weighted by Gasteiger charge is -2.36. The lowest BCUT2D eigenvalue weighted by molar-refractivity contribution is 0.0907. The molecular formula is C17H16F2N2O2. The van der Waals surface area contributed by atoms with Gasteiger partial charge < -0.3 is 10.3 Å². The second-order valence-corrected chi connectivity index (χ2v) is 5.90. The van der Waals surface area contributed by atoms with Gasteiger partial charge in [0.05, 0.1) is 5.56 Å². The Morgan fingerprint density at radius 1 is 1.26 bits per heavy atom. The molecule has 0 unspecified atom stereocenters. The number of aryl methyl sites for hydroxylation is 1. The van der Waals surface area contributed by atoms with Crippen molar-refractivity contribution in [2.24, 2.45) is 0 Å². The summed E-state index contributed by atoms with van der Waals surface area (Å²) in [7, 11) is 0. The first-order valence-electron chi connectivity index (χ1n) is 7.39. The highest BCUT2D eigenvalue weighted by Crippen LogP contribution is 2.38. The number of carbonyl (C=O) groups is 1. The minimum atomic E-state index is -0.594. The maximum absolute atomic E-state index is 13.7. The van der Waals surface area contributed by atoms with Gasteiger partial charge in [-0.1, -0.05) is 6.07 Å². The standard InChI is InChI=1S/C17H16F2N2O2/c1-9-4-16(22)20-8-14(9)17(23)21-12-5-10(6-12)13-3-2-11(18)7-15(13)19/h2-4,7-8,10,12H,5-6H2,1H3,(H,20,22)(H,21,23). The molecule has 6 heteroatoms. The van der Waals surface area contributed by atoms with E-state index in [-0.39, 0.29) is 23.4 Å². The van der Waals surface area contributed by atoms with E-state index in [1.54, 1.807) is 6.92 Å². The van der Waals surface area contributed by atoms with Crippen LogP contribution < -0.4 is 10.9 Å². The van der Waals surface area contributed by atoms with Crippen molar-refractivity contribution in [2.45, 2.75) is 31.7 Å². The van der Waals surface area contributed by atoms with Crippen LogP contribution >= 0.6 is 0 Å². The van der Waals surface area contributed by atoms with E-state index < -0.39 is 11.6 Å². The fraction of sp³-hybridized carbons (Fsp3) is 0.294. The summed E-state index contributed by atoms with van der Waals surface area (Å²) < 4.78 is 26.6. The van der Waals surface area contributed by atoms with Gasteiger partial charge in [-0.3, -0.25) is 9.59 Å². The van der Waals surface area contributed by atoms with E-state index >= 15 is 0 Å². The van der Waals surface area contributed by atoms with Crippen molar-refractivity contribution in [1.82, 2.24) is 10.3 Å². The van der Waals surface area contributed by atoms with Gasteiger partial charge in [-0.05, 0) is 42.9 Å². The van der Waals surface area contributed by atoms with Crippen LogP contribution in [0.25, 0.3) is 0 Å². The fourth-order valence-electron chi connectivity index (χ4n) is 2.90. The molecule has 3 rings (SSSR count). The monoisotopic (exact) mass is 318 g/mol. The normalized spacial score (nSPS) is 20.0. The van der Waals surface area contributed by atoms with Crippen LogP contribution in [0.15, 0.2) is 35.3 Å². The first kappa shape index (κ1) is 15.4. The number of rotatable bonds is 3. The molecule has 1 amide bonds. The number of hydrogen-bond donors (Lipinski definition) is 2. The van der Waals surface area contributed by atoms with E-state index in [1.165, 1.54) is 24.4 Å². The van der Waals surface area contributed by atoms with E-state index in [1.807, 2.05) is 0 Å². The molecule has 0 atom stereocenters. The van der Waals surface area contributed by atoms with E-state index in [9.17, 15) is 18.4 Å². The molecular weight excluding hydrogens is 302 g/mol. The number of aromatic amines is 1. The fourth-order valence-corrected chi connectivity index (χ4v) is 2.90.